The molecule has 3 rings (SSSR count). The Morgan fingerprint density at radius 2 is 2.15 bits per heavy atom. The summed E-state index contributed by atoms with van der Waals surface area (Å²) < 4.78 is 0. The molecule has 2 aromatic heterocycles. The number of hydrogen-bond donors (Lipinski definition) is 0. The summed E-state index contributed by atoms with van der Waals surface area (Å²) in [6.07, 6.45) is 12.4. The minimum atomic E-state index is 0.554. The van der Waals surface area contributed by atoms with Crippen molar-refractivity contribution in [1.29, 1.82) is 5.26 Å². The van der Waals surface area contributed by atoms with Crippen LogP contribution in [0.5, 0.6) is 0 Å². The predicted molar refractivity (Wildman–Crippen MR) is 111 cm³/mol. The van der Waals surface area contributed by atoms with Crippen molar-refractivity contribution in [2.45, 2.75) is 6.42 Å². The lowest BCUT2D eigenvalue weighted by Gasteiger charge is -2.16. The van der Waals surface area contributed by atoms with Crippen molar-refractivity contribution in [2.75, 3.05) is 26.0 Å². The number of carbonyl (C=O) groups is 1. The molecule has 0 atom stereocenters. The third-order valence-corrected chi connectivity index (χ3v) is 5.19. The average molecular weight is 377 g/mol. The first-order valence-electron chi connectivity index (χ1n) is 8.33. The van der Waals surface area contributed by atoms with E-state index in [9.17, 15) is 4.79 Å². The first kappa shape index (κ1) is 18.5. The van der Waals surface area contributed by atoms with Gasteiger partial charge in [-0.25, -0.2) is 9.98 Å². The summed E-state index contributed by atoms with van der Waals surface area (Å²) in [6, 6.07) is 4.05. The Bertz CT molecular complexity index is 1040. The highest BCUT2D eigenvalue weighted by atomic mass is 32.1. The van der Waals surface area contributed by atoms with Gasteiger partial charge in [0.25, 0.3) is 0 Å². The number of nitriles is 1. The first-order chi connectivity index (χ1) is 13.0. The summed E-state index contributed by atoms with van der Waals surface area (Å²) in [4.78, 5) is 25.8. The molecular formula is C20H19N5OS. The van der Waals surface area contributed by atoms with Crippen molar-refractivity contribution < 1.29 is 4.79 Å². The van der Waals surface area contributed by atoms with Gasteiger partial charge in [-0.05, 0) is 24.3 Å². The molecule has 0 spiro atoms. The highest BCUT2D eigenvalue weighted by Crippen LogP contribution is 2.40. The van der Waals surface area contributed by atoms with Gasteiger partial charge < -0.3 is 9.80 Å². The molecule has 0 radical (unpaired) electrons. The van der Waals surface area contributed by atoms with Crippen molar-refractivity contribution in [3.8, 4) is 6.07 Å². The van der Waals surface area contributed by atoms with Gasteiger partial charge in [-0.2, -0.15) is 5.26 Å². The number of allylic oxidation sites excluding steroid dienone is 5. The maximum absolute atomic E-state index is 11.6. The molecule has 6 nitrogen and oxygen atoms in total. The molecule has 0 aromatic carbocycles. The van der Waals surface area contributed by atoms with Crippen LogP contribution >= 0.6 is 11.3 Å². The number of fused-ring (bicyclic) bond motifs is 1. The Morgan fingerprint density at radius 1 is 1.33 bits per heavy atom. The van der Waals surface area contributed by atoms with Crippen LogP contribution < -0.4 is 4.90 Å². The van der Waals surface area contributed by atoms with Crippen molar-refractivity contribution >= 4 is 45.6 Å². The normalized spacial score (nSPS) is 13.9. The molecule has 2 aromatic rings. The molecule has 1 aliphatic rings. The van der Waals surface area contributed by atoms with E-state index in [0.29, 0.717) is 22.6 Å². The zero-order chi connectivity index (χ0) is 19.4. The SMILES string of the molecule is CN(C=Nc1c(C=O)sc2nccc(N(C)C)c12)C1=CC=C(C#N)C=CC1. The molecule has 27 heavy (non-hydrogen) atoms. The quantitative estimate of drug-likeness (QED) is 0.446. The molecule has 0 bridgehead atoms. The zero-order valence-corrected chi connectivity index (χ0v) is 16.2. The van der Waals surface area contributed by atoms with Crippen molar-refractivity contribution in [1.82, 2.24) is 9.88 Å². The Balaban J connectivity index is 2.00. The van der Waals surface area contributed by atoms with E-state index in [1.807, 2.05) is 49.2 Å². The minimum absolute atomic E-state index is 0.554. The van der Waals surface area contributed by atoms with E-state index in [-0.39, 0.29) is 0 Å². The lowest BCUT2D eigenvalue weighted by Crippen LogP contribution is -2.14. The van der Waals surface area contributed by atoms with Crippen LogP contribution in [-0.2, 0) is 0 Å². The van der Waals surface area contributed by atoms with Gasteiger partial charge in [0.15, 0.2) is 6.29 Å². The van der Waals surface area contributed by atoms with Crippen molar-refractivity contribution in [3.63, 3.8) is 0 Å². The second kappa shape index (κ2) is 7.98. The van der Waals surface area contributed by atoms with E-state index in [4.69, 9.17) is 5.26 Å². The fourth-order valence-electron chi connectivity index (χ4n) is 2.76. The van der Waals surface area contributed by atoms with Gasteiger partial charge in [-0.1, -0.05) is 6.08 Å². The van der Waals surface area contributed by atoms with E-state index < -0.39 is 0 Å². The Labute approximate surface area is 162 Å². The Hall–Kier alpha value is -3.24. The summed E-state index contributed by atoms with van der Waals surface area (Å²) in [5, 5.41) is 9.89. The largest absolute Gasteiger partial charge is 0.377 e. The highest BCUT2D eigenvalue weighted by Gasteiger charge is 2.16. The standard InChI is InChI=1S/C20H19N5OS/c1-24(2)16-9-10-22-20-18(16)19(17(12-26)27-20)23-13-25(3)15-6-4-5-14(11-21)7-8-15/h4-5,7-10,12-13H,6H2,1-3H3. The fourth-order valence-corrected chi connectivity index (χ4v) is 3.68. The van der Waals surface area contributed by atoms with Gasteiger partial charge in [0, 0.05) is 39.5 Å². The van der Waals surface area contributed by atoms with Crippen LogP contribution in [0.3, 0.4) is 0 Å². The van der Waals surface area contributed by atoms with Crippen LogP contribution in [0.1, 0.15) is 16.1 Å². The second-order valence-electron chi connectivity index (χ2n) is 6.19. The second-order valence-corrected chi connectivity index (χ2v) is 7.22. The lowest BCUT2D eigenvalue weighted by atomic mass is 10.2. The number of aromatic nitrogens is 1. The number of hydrogen-bond acceptors (Lipinski definition) is 6. The number of rotatable bonds is 5. The summed E-state index contributed by atoms with van der Waals surface area (Å²) in [5.41, 5.74) is 3.21. The topological polar surface area (TPSA) is 72.6 Å². The molecule has 1 aliphatic carbocycles. The van der Waals surface area contributed by atoms with Crippen molar-refractivity contribution in [2.24, 2.45) is 4.99 Å². The summed E-state index contributed by atoms with van der Waals surface area (Å²) in [5.74, 6) is 0. The number of anilines is 1. The summed E-state index contributed by atoms with van der Waals surface area (Å²) >= 11 is 1.34. The molecular weight excluding hydrogens is 358 g/mol. The lowest BCUT2D eigenvalue weighted by molar-refractivity contribution is 0.112. The monoisotopic (exact) mass is 377 g/mol. The highest BCUT2D eigenvalue weighted by molar-refractivity contribution is 7.21. The number of nitrogens with zero attached hydrogens (tertiary/aromatic N) is 5. The van der Waals surface area contributed by atoms with Gasteiger partial charge in [0.05, 0.1) is 39.6 Å². The van der Waals surface area contributed by atoms with Crippen LogP contribution in [-0.4, -0.2) is 43.7 Å². The van der Waals surface area contributed by atoms with E-state index in [1.165, 1.54) is 11.3 Å². The number of carbonyl (C=O) groups excluding carboxylic acids is 1. The molecule has 0 amide bonds. The maximum Gasteiger partial charge on any atom is 0.162 e. The van der Waals surface area contributed by atoms with Crippen LogP contribution in [0.25, 0.3) is 10.2 Å². The Kier molecular flexibility index (Phi) is 5.48. The third kappa shape index (κ3) is 3.81. The molecule has 0 saturated carbocycles. The molecule has 0 fully saturated rings. The van der Waals surface area contributed by atoms with E-state index in [2.05, 4.69) is 16.0 Å². The van der Waals surface area contributed by atoms with E-state index in [0.717, 1.165) is 27.9 Å². The number of aldehydes is 1. The molecule has 136 valence electrons. The van der Waals surface area contributed by atoms with Gasteiger partial charge >= 0.3 is 0 Å². The number of thiophene rings is 1. The number of pyridine rings is 1. The first-order valence-corrected chi connectivity index (χ1v) is 9.15. The maximum atomic E-state index is 11.6. The van der Waals surface area contributed by atoms with E-state index >= 15 is 0 Å². The molecule has 0 aliphatic heterocycles. The molecule has 0 unspecified atom stereocenters. The van der Waals surface area contributed by atoms with E-state index in [1.54, 1.807) is 24.7 Å². The average Bonchev–Trinajstić information content (AvgIpc) is 2.86. The molecule has 0 N–H and O–H groups in total. The Morgan fingerprint density at radius 3 is 2.85 bits per heavy atom. The van der Waals surface area contributed by atoms with Gasteiger partial charge in [0.2, 0.25) is 0 Å². The van der Waals surface area contributed by atoms with Crippen LogP contribution in [0.4, 0.5) is 11.4 Å². The minimum Gasteiger partial charge on any atom is -0.377 e. The van der Waals surface area contributed by atoms with Crippen molar-refractivity contribution in [3.05, 3.63) is 52.7 Å². The molecule has 2 heterocycles. The van der Waals surface area contributed by atoms with Crippen LogP contribution in [0.2, 0.25) is 0 Å². The van der Waals surface area contributed by atoms with Crippen LogP contribution in [0, 0.1) is 11.3 Å². The number of aliphatic imine (C=N–C) groups is 1. The molecule has 0 saturated heterocycles. The van der Waals surface area contributed by atoms with Gasteiger partial charge in [0.1, 0.15) is 4.83 Å². The fraction of sp³-hybridized carbons (Fsp3) is 0.200. The smallest absolute Gasteiger partial charge is 0.162 e. The zero-order valence-electron chi connectivity index (χ0n) is 15.4. The third-order valence-electron chi connectivity index (χ3n) is 4.18. The summed E-state index contributed by atoms with van der Waals surface area (Å²) in [7, 11) is 5.80. The van der Waals surface area contributed by atoms with Gasteiger partial charge in [-0.3, -0.25) is 4.79 Å². The predicted octanol–water partition coefficient (Wildman–Crippen LogP) is 4.06. The van der Waals surface area contributed by atoms with Gasteiger partial charge in [-0.15, -0.1) is 11.3 Å². The molecule has 7 heteroatoms. The van der Waals surface area contributed by atoms with Crippen LogP contribution in [0.15, 0.2) is 52.8 Å². The summed E-state index contributed by atoms with van der Waals surface area (Å²) in [6.45, 7) is 0.